The van der Waals surface area contributed by atoms with Crippen LogP contribution in [0.4, 0.5) is 5.69 Å². The number of fused-ring (bicyclic) bond motifs is 1. The van der Waals surface area contributed by atoms with Crippen LogP contribution in [0.2, 0.25) is 10.0 Å². The molecule has 2 aromatic rings. The number of carbonyl (C=O) groups is 1. The van der Waals surface area contributed by atoms with Gasteiger partial charge in [0.15, 0.2) is 0 Å². The van der Waals surface area contributed by atoms with Gasteiger partial charge in [-0.2, -0.15) is 0 Å². The summed E-state index contributed by atoms with van der Waals surface area (Å²) in [6, 6.07) is 7.08. The highest BCUT2D eigenvalue weighted by Crippen LogP contribution is 2.31. The SMILES string of the molecule is O=C(Nc1cc(Cl)ccc1Cl)c1cc2c(s1)CCCCC2. The summed E-state index contributed by atoms with van der Waals surface area (Å²) in [4.78, 5) is 14.5. The molecule has 2 nitrogen and oxygen atoms in total. The molecule has 0 radical (unpaired) electrons. The van der Waals surface area contributed by atoms with Crippen molar-refractivity contribution in [2.75, 3.05) is 5.32 Å². The van der Waals surface area contributed by atoms with Gasteiger partial charge >= 0.3 is 0 Å². The summed E-state index contributed by atoms with van der Waals surface area (Å²) in [6.45, 7) is 0. The lowest BCUT2D eigenvalue weighted by atomic mass is 10.1. The molecule has 0 bridgehead atoms. The summed E-state index contributed by atoms with van der Waals surface area (Å²) in [5.41, 5.74) is 1.89. The van der Waals surface area contributed by atoms with Gasteiger partial charge < -0.3 is 5.32 Å². The van der Waals surface area contributed by atoms with Crippen molar-refractivity contribution in [1.29, 1.82) is 0 Å². The van der Waals surface area contributed by atoms with Crippen molar-refractivity contribution >= 4 is 46.1 Å². The maximum atomic E-state index is 12.4. The zero-order valence-electron chi connectivity index (χ0n) is 11.4. The smallest absolute Gasteiger partial charge is 0.265 e. The van der Waals surface area contributed by atoms with E-state index in [4.69, 9.17) is 23.2 Å². The summed E-state index contributed by atoms with van der Waals surface area (Å²) >= 11 is 13.6. The topological polar surface area (TPSA) is 29.1 Å². The summed E-state index contributed by atoms with van der Waals surface area (Å²) in [5, 5.41) is 3.89. The molecule has 0 unspecified atom stereocenters. The number of benzene rings is 1. The van der Waals surface area contributed by atoms with Crippen LogP contribution in [0.25, 0.3) is 0 Å². The third kappa shape index (κ3) is 3.42. The van der Waals surface area contributed by atoms with Crippen LogP contribution in [0.15, 0.2) is 24.3 Å². The predicted octanol–water partition coefficient (Wildman–Crippen LogP) is 5.58. The number of anilines is 1. The van der Waals surface area contributed by atoms with E-state index >= 15 is 0 Å². The fourth-order valence-corrected chi connectivity index (χ4v) is 4.04. The number of rotatable bonds is 2. The van der Waals surface area contributed by atoms with Crippen LogP contribution in [0.3, 0.4) is 0 Å². The molecular formula is C16H15Cl2NOS. The number of nitrogens with one attached hydrogen (secondary N) is 1. The van der Waals surface area contributed by atoms with Crippen LogP contribution < -0.4 is 5.32 Å². The van der Waals surface area contributed by atoms with E-state index in [1.54, 1.807) is 29.5 Å². The average molecular weight is 340 g/mol. The Labute approximate surface area is 138 Å². The Balaban J connectivity index is 1.81. The first-order chi connectivity index (χ1) is 10.1. The first-order valence-electron chi connectivity index (χ1n) is 7.01. The van der Waals surface area contributed by atoms with E-state index in [1.807, 2.05) is 6.07 Å². The lowest BCUT2D eigenvalue weighted by Crippen LogP contribution is -2.10. The zero-order chi connectivity index (χ0) is 14.8. The maximum Gasteiger partial charge on any atom is 0.265 e. The standard InChI is InChI=1S/C16H15Cl2NOS/c17-11-6-7-12(18)13(9-11)19-16(20)15-8-10-4-2-1-3-5-14(10)21-15/h6-9H,1-5H2,(H,19,20). The van der Waals surface area contributed by atoms with Crippen molar-refractivity contribution in [2.45, 2.75) is 32.1 Å². The summed E-state index contributed by atoms with van der Waals surface area (Å²) in [5.74, 6) is -0.114. The Hall–Kier alpha value is -1.03. The molecule has 5 heteroatoms. The highest BCUT2D eigenvalue weighted by molar-refractivity contribution is 7.14. The van der Waals surface area contributed by atoms with Crippen LogP contribution in [0.1, 0.15) is 39.4 Å². The molecule has 3 rings (SSSR count). The molecule has 1 aromatic carbocycles. The van der Waals surface area contributed by atoms with Crippen LogP contribution >= 0.6 is 34.5 Å². The summed E-state index contributed by atoms with van der Waals surface area (Å²) < 4.78 is 0. The van der Waals surface area contributed by atoms with E-state index < -0.39 is 0 Å². The molecule has 1 heterocycles. The molecule has 1 amide bonds. The first kappa shape index (κ1) is 14.9. The Morgan fingerprint density at radius 3 is 2.76 bits per heavy atom. The van der Waals surface area contributed by atoms with E-state index in [1.165, 1.54) is 29.7 Å². The van der Waals surface area contributed by atoms with Crippen molar-refractivity contribution in [3.8, 4) is 0 Å². The number of carbonyl (C=O) groups excluding carboxylic acids is 1. The van der Waals surface area contributed by atoms with Crippen molar-refractivity contribution in [2.24, 2.45) is 0 Å². The van der Waals surface area contributed by atoms with Crippen molar-refractivity contribution in [3.05, 3.63) is 49.6 Å². The molecule has 0 saturated carbocycles. The first-order valence-corrected chi connectivity index (χ1v) is 8.59. The number of aryl methyl sites for hydroxylation is 2. The number of halogens is 2. The molecule has 0 aliphatic heterocycles. The molecule has 0 atom stereocenters. The largest absolute Gasteiger partial charge is 0.320 e. The van der Waals surface area contributed by atoms with E-state index in [9.17, 15) is 4.79 Å². The van der Waals surface area contributed by atoms with E-state index in [-0.39, 0.29) is 5.91 Å². The molecule has 1 aromatic heterocycles. The second-order valence-corrected chi connectivity index (χ2v) is 7.18. The van der Waals surface area contributed by atoms with Gasteiger partial charge in [0.25, 0.3) is 5.91 Å². The second-order valence-electron chi connectivity index (χ2n) is 5.20. The third-order valence-electron chi connectivity index (χ3n) is 3.65. The molecule has 0 fully saturated rings. The lowest BCUT2D eigenvalue weighted by Gasteiger charge is -2.06. The van der Waals surface area contributed by atoms with Gasteiger partial charge in [0.1, 0.15) is 0 Å². The van der Waals surface area contributed by atoms with Crippen LogP contribution in [-0.4, -0.2) is 5.91 Å². The van der Waals surface area contributed by atoms with Gasteiger partial charge in [0, 0.05) is 9.90 Å². The van der Waals surface area contributed by atoms with E-state index in [0.29, 0.717) is 15.7 Å². The highest BCUT2D eigenvalue weighted by Gasteiger charge is 2.17. The van der Waals surface area contributed by atoms with Gasteiger partial charge in [-0.15, -0.1) is 11.3 Å². The minimum atomic E-state index is -0.114. The predicted molar refractivity (Wildman–Crippen MR) is 90.0 cm³/mol. The molecular weight excluding hydrogens is 325 g/mol. The number of hydrogen-bond acceptors (Lipinski definition) is 2. The van der Waals surface area contributed by atoms with Gasteiger partial charge in [-0.3, -0.25) is 4.79 Å². The van der Waals surface area contributed by atoms with Gasteiger partial charge in [-0.05, 0) is 55.5 Å². The second kappa shape index (κ2) is 6.39. The number of amides is 1. The monoisotopic (exact) mass is 339 g/mol. The summed E-state index contributed by atoms with van der Waals surface area (Å²) in [7, 11) is 0. The quantitative estimate of drug-likeness (QED) is 0.711. The Kier molecular flexibility index (Phi) is 4.53. The molecule has 1 N–H and O–H groups in total. The van der Waals surface area contributed by atoms with Crippen molar-refractivity contribution in [3.63, 3.8) is 0 Å². The van der Waals surface area contributed by atoms with E-state index in [2.05, 4.69) is 5.32 Å². The minimum Gasteiger partial charge on any atom is -0.320 e. The maximum absolute atomic E-state index is 12.4. The van der Waals surface area contributed by atoms with Crippen LogP contribution in [0, 0.1) is 0 Å². The molecule has 110 valence electrons. The van der Waals surface area contributed by atoms with Gasteiger partial charge in [-0.25, -0.2) is 0 Å². The lowest BCUT2D eigenvalue weighted by molar-refractivity contribution is 0.103. The van der Waals surface area contributed by atoms with Gasteiger partial charge in [0.2, 0.25) is 0 Å². The van der Waals surface area contributed by atoms with Crippen LogP contribution in [0.5, 0.6) is 0 Å². The van der Waals surface area contributed by atoms with Crippen LogP contribution in [-0.2, 0) is 12.8 Å². The minimum absolute atomic E-state index is 0.114. The third-order valence-corrected chi connectivity index (χ3v) is 5.45. The normalized spacial score (nSPS) is 14.4. The Morgan fingerprint density at radius 1 is 1.10 bits per heavy atom. The molecule has 0 spiro atoms. The Bertz CT molecular complexity index is 657. The molecule has 21 heavy (non-hydrogen) atoms. The molecule has 1 aliphatic carbocycles. The fraction of sp³-hybridized carbons (Fsp3) is 0.312. The van der Waals surface area contributed by atoms with E-state index in [0.717, 1.165) is 17.7 Å². The average Bonchev–Trinajstić information content (AvgIpc) is 2.74. The highest BCUT2D eigenvalue weighted by atomic mass is 35.5. The molecule has 0 saturated heterocycles. The van der Waals surface area contributed by atoms with Gasteiger partial charge in [0.05, 0.1) is 15.6 Å². The Morgan fingerprint density at radius 2 is 1.90 bits per heavy atom. The molecule has 1 aliphatic rings. The van der Waals surface area contributed by atoms with Crippen molar-refractivity contribution in [1.82, 2.24) is 0 Å². The zero-order valence-corrected chi connectivity index (χ0v) is 13.7. The summed E-state index contributed by atoms with van der Waals surface area (Å²) in [6.07, 6.45) is 5.88. The number of hydrogen-bond donors (Lipinski definition) is 1. The van der Waals surface area contributed by atoms with Crippen molar-refractivity contribution < 1.29 is 4.79 Å². The fourth-order valence-electron chi connectivity index (χ4n) is 2.56. The number of thiophene rings is 1. The van der Waals surface area contributed by atoms with Gasteiger partial charge in [-0.1, -0.05) is 29.6 Å².